The number of piperidine rings is 1. The molecule has 1 amide bonds. The predicted molar refractivity (Wildman–Crippen MR) is 79.7 cm³/mol. The summed E-state index contributed by atoms with van der Waals surface area (Å²) in [5.41, 5.74) is 1.30. The van der Waals surface area contributed by atoms with E-state index < -0.39 is 0 Å². The Hall–Kier alpha value is -1.36. The molecule has 0 aliphatic carbocycles. The van der Waals surface area contributed by atoms with Gasteiger partial charge < -0.3 is 14.8 Å². The van der Waals surface area contributed by atoms with Gasteiger partial charge >= 0.3 is 0 Å². The van der Waals surface area contributed by atoms with Crippen LogP contribution in [-0.4, -0.2) is 47.0 Å². The maximum atomic E-state index is 12.4. The van der Waals surface area contributed by atoms with Gasteiger partial charge in [0.2, 0.25) is 5.91 Å². The quantitative estimate of drug-likeness (QED) is 0.909. The third-order valence-electron chi connectivity index (χ3n) is 4.62. The Morgan fingerprint density at radius 1 is 1.55 bits per heavy atom. The Labute approximate surface area is 121 Å². The summed E-state index contributed by atoms with van der Waals surface area (Å²) in [6.07, 6.45) is 5.90. The number of nitrogens with one attached hydrogen (secondary N) is 1. The molecule has 20 heavy (non-hydrogen) atoms. The fourth-order valence-electron chi connectivity index (χ4n) is 2.91. The summed E-state index contributed by atoms with van der Waals surface area (Å²) >= 11 is 0. The lowest BCUT2D eigenvalue weighted by Gasteiger charge is -2.36. The Balaban J connectivity index is 2.26. The third-order valence-corrected chi connectivity index (χ3v) is 4.62. The average molecular weight is 278 g/mol. The molecule has 0 aromatic carbocycles. The van der Waals surface area contributed by atoms with E-state index in [-0.39, 0.29) is 17.4 Å². The molecule has 1 aliphatic rings. The first-order valence-electron chi connectivity index (χ1n) is 7.47. The minimum absolute atomic E-state index is 0.112. The fourth-order valence-corrected chi connectivity index (χ4v) is 2.91. The normalized spacial score (nSPS) is 19.6. The van der Waals surface area contributed by atoms with Gasteiger partial charge in [0.1, 0.15) is 6.04 Å². The third kappa shape index (κ3) is 2.73. The van der Waals surface area contributed by atoms with E-state index in [0.717, 1.165) is 32.5 Å². The lowest BCUT2D eigenvalue weighted by atomic mass is 9.78. The first kappa shape index (κ1) is 15.0. The van der Waals surface area contributed by atoms with E-state index in [4.69, 9.17) is 0 Å². The average Bonchev–Trinajstić information content (AvgIpc) is 2.96. The zero-order chi connectivity index (χ0) is 14.8. The molecule has 1 atom stereocenters. The second-order valence-corrected chi connectivity index (χ2v) is 6.03. The van der Waals surface area contributed by atoms with E-state index in [9.17, 15) is 4.79 Å². The standard InChI is InChI=1S/C15H26N4O/c1-5-18(4)14(20)12(2)19-11-17-10-13(19)15(3)6-8-16-9-7-15/h10-12,16H,5-9H2,1-4H3. The Morgan fingerprint density at radius 3 is 2.80 bits per heavy atom. The van der Waals surface area contributed by atoms with E-state index in [1.165, 1.54) is 5.69 Å². The fraction of sp³-hybridized carbons (Fsp3) is 0.733. The van der Waals surface area contributed by atoms with E-state index in [1.807, 2.05) is 27.1 Å². The van der Waals surface area contributed by atoms with Crippen molar-refractivity contribution in [3.63, 3.8) is 0 Å². The molecular formula is C15H26N4O. The van der Waals surface area contributed by atoms with Crippen molar-refractivity contribution >= 4 is 5.91 Å². The van der Waals surface area contributed by atoms with Gasteiger partial charge in [-0.05, 0) is 39.8 Å². The summed E-state index contributed by atoms with van der Waals surface area (Å²) in [7, 11) is 1.85. The molecule has 1 unspecified atom stereocenters. The van der Waals surface area contributed by atoms with Crippen LogP contribution in [0.4, 0.5) is 0 Å². The molecule has 1 saturated heterocycles. The molecule has 1 N–H and O–H groups in total. The lowest BCUT2D eigenvalue weighted by Crippen LogP contribution is -2.40. The van der Waals surface area contributed by atoms with Gasteiger partial charge in [-0.1, -0.05) is 6.92 Å². The van der Waals surface area contributed by atoms with Crippen LogP contribution in [0, 0.1) is 0 Å². The minimum Gasteiger partial charge on any atom is -0.344 e. The number of hydrogen-bond donors (Lipinski definition) is 1. The molecular weight excluding hydrogens is 252 g/mol. The van der Waals surface area contributed by atoms with E-state index in [0.29, 0.717) is 0 Å². The molecule has 0 saturated carbocycles. The zero-order valence-corrected chi connectivity index (χ0v) is 13.0. The number of rotatable bonds is 4. The van der Waals surface area contributed by atoms with Crippen LogP contribution in [0.3, 0.4) is 0 Å². The number of aromatic nitrogens is 2. The van der Waals surface area contributed by atoms with E-state index in [1.54, 1.807) is 11.2 Å². The van der Waals surface area contributed by atoms with Crippen LogP contribution in [0.5, 0.6) is 0 Å². The van der Waals surface area contributed by atoms with Crippen molar-refractivity contribution in [3.8, 4) is 0 Å². The van der Waals surface area contributed by atoms with E-state index in [2.05, 4.69) is 21.8 Å². The van der Waals surface area contributed by atoms with Crippen LogP contribution < -0.4 is 5.32 Å². The summed E-state index contributed by atoms with van der Waals surface area (Å²) in [6.45, 7) is 9.02. The monoisotopic (exact) mass is 278 g/mol. The van der Waals surface area contributed by atoms with Crippen LogP contribution in [-0.2, 0) is 10.2 Å². The number of hydrogen-bond acceptors (Lipinski definition) is 3. The highest BCUT2D eigenvalue weighted by Gasteiger charge is 2.33. The first-order chi connectivity index (χ1) is 9.49. The minimum atomic E-state index is -0.191. The zero-order valence-electron chi connectivity index (χ0n) is 13.0. The van der Waals surface area contributed by atoms with Gasteiger partial charge in [-0.2, -0.15) is 0 Å². The summed E-state index contributed by atoms with van der Waals surface area (Å²) in [5.74, 6) is 0.143. The van der Waals surface area contributed by atoms with Gasteiger partial charge in [0.05, 0.1) is 6.33 Å². The van der Waals surface area contributed by atoms with Crippen molar-refractivity contribution in [1.29, 1.82) is 0 Å². The van der Waals surface area contributed by atoms with Crippen molar-refractivity contribution in [1.82, 2.24) is 19.8 Å². The highest BCUT2D eigenvalue weighted by Crippen LogP contribution is 2.34. The first-order valence-corrected chi connectivity index (χ1v) is 7.47. The van der Waals surface area contributed by atoms with Crippen LogP contribution in [0.15, 0.2) is 12.5 Å². The van der Waals surface area contributed by atoms with Gasteiger partial charge in [-0.25, -0.2) is 4.98 Å². The molecule has 0 radical (unpaired) electrons. The smallest absolute Gasteiger partial charge is 0.245 e. The van der Waals surface area contributed by atoms with Gasteiger partial charge in [-0.3, -0.25) is 4.79 Å². The molecule has 5 nitrogen and oxygen atoms in total. The Morgan fingerprint density at radius 2 is 2.20 bits per heavy atom. The number of amides is 1. The summed E-state index contributed by atoms with van der Waals surface area (Å²) in [5, 5.41) is 3.40. The van der Waals surface area contributed by atoms with Crippen molar-refractivity contribution in [2.45, 2.75) is 45.1 Å². The van der Waals surface area contributed by atoms with Crippen molar-refractivity contribution in [2.24, 2.45) is 0 Å². The van der Waals surface area contributed by atoms with Gasteiger partial charge in [0.25, 0.3) is 0 Å². The molecule has 5 heteroatoms. The highest BCUT2D eigenvalue weighted by atomic mass is 16.2. The largest absolute Gasteiger partial charge is 0.344 e. The van der Waals surface area contributed by atoms with Gasteiger partial charge in [-0.15, -0.1) is 0 Å². The molecule has 1 fully saturated rings. The van der Waals surface area contributed by atoms with Crippen molar-refractivity contribution in [3.05, 3.63) is 18.2 Å². The van der Waals surface area contributed by atoms with Gasteiger partial charge in [0.15, 0.2) is 0 Å². The SMILES string of the molecule is CCN(C)C(=O)C(C)n1cncc1C1(C)CCNCC1. The number of carbonyl (C=O) groups excluding carboxylic acids is 1. The second kappa shape index (κ2) is 5.95. The van der Waals surface area contributed by atoms with Crippen LogP contribution in [0.25, 0.3) is 0 Å². The molecule has 2 heterocycles. The molecule has 1 aliphatic heterocycles. The van der Waals surface area contributed by atoms with Crippen molar-refractivity contribution < 1.29 is 4.79 Å². The summed E-state index contributed by atoms with van der Waals surface area (Å²) in [6, 6.07) is -0.191. The summed E-state index contributed by atoms with van der Waals surface area (Å²) < 4.78 is 2.06. The van der Waals surface area contributed by atoms with Crippen LogP contribution in [0.1, 0.15) is 45.3 Å². The highest BCUT2D eigenvalue weighted by molar-refractivity contribution is 5.79. The molecule has 0 spiro atoms. The molecule has 2 rings (SSSR count). The number of likely N-dealkylation sites (N-methyl/N-ethyl adjacent to an activating group) is 1. The molecule has 1 aromatic heterocycles. The molecule has 0 bridgehead atoms. The van der Waals surface area contributed by atoms with Crippen LogP contribution >= 0.6 is 0 Å². The van der Waals surface area contributed by atoms with Gasteiger partial charge in [0, 0.05) is 30.9 Å². The summed E-state index contributed by atoms with van der Waals surface area (Å²) in [4.78, 5) is 18.4. The van der Waals surface area contributed by atoms with Crippen molar-refractivity contribution in [2.75, 3.05) is 26.7 Å². The Kier molecular flexibility index (Phi) is 4.48. The number of nitrogens with zero attached hydrogens (tertiary/aromatic N) is 3. The van der Waals surface area contributed by atoms with Crippen LogP contribution in [0.2, 0.25) is 0 Å². The topological polar surface area (TPSA) is 50.2 Å². The maximum Gasteiger partial charge on any atom is 0.245 e. The number of carbonyl (C=O) groups is 1. The predicted octanol–water partition coefficient (Wildman–Crippen LogP) is 1.56. The number of imidazole rings is 1. The Bertz CT molecular complexity index is 462. The van der Waals surface area contributed by atoms with E-state index >= 15 is 0 Å². The second-order valence-electron chi connectivity index (χ2n) is 6.03. The molecule has 1 aromatic rings. The maximum absolute atomic E-state index is 12.4. The molecule has 112 valence electrons. The lowest BCUT2D eigenvalue weighted by molar-refractivity contribution is -0.132.